The van der Waals surface area contributed by atoms with E-state index in [1.165, 1.54) is 24.8 Å². The van der Waals surface area contributed by atoms with Crippen LogP contribution in [0.3, 0.4) is 0 Å². The van der Waals surface area contributed by atoms with Gasteiger partial charge in [0.1, 0.15) is 0 Å². The summed E-state index contributed by atoms with van der Waals surface area (Å²) in [5.74, 6) is 1.99. The lowest BCUT2D eigenvalue weighted by Gasteiger charge is -2.47. The van der Waals surface area contributed by atoms with Crippen molar-refractivity contribution in [3.05, 3.63) is 23.8 Å². The largest absolute Gasteiger partial charge is 0.393 e. The Morgan fingerprint density at radius 3 is 2.69 bits per heavy atom. The average molecular weight is 219 g/mol. The fraction of sp³-hybridized carbons (Fsp3) is 0.714. The third-order valence-electron chi connectivity index (χ3n) is 4.72. The van der Waals surface area contributed by atoms with Crippen molar-refractivity contribution in [2.24, 2.45) is 23.5 Å². The van der Waals surface area contributed by atoms with Crippen LogP contribution in [0.4, 0.5) is 0 Å². The highest BCUT2D eigenvalue weighted by atomic mass is 16.3. The first-order chi connectivity index (χ1) is 7.74. The monoisotopic (exact) mass is 219 g/mol. The number of hydrogen-bond acceptors (Lipinski definition) is 2. The summed E-state index contributed by atoms with van der Waals surface area (Å²) in [6.45, 7) is 0. The molecule has 2 saturated carbocycles. The maximum Gasteiger partial charge on any atom is 0.0576 e. The van der Waals surface area contributed by atoms with Crippen molar-refractivity contribution in [1.29, 1.82) is 0 Å². The molecule has 2 heteroatoms. The molecule has 0 spiro atoms. The van der Waals surface area contributed by atoms with Crippen molar-refractivity contribution >= 4 is 0 Å². The zero-order valence-corrected chi connectivity index (χ0v) is 9.68. The quantitative estimate of drug-likeness (QED) is 0.708. The fourth-order valence-corrected chi connectivity index (χ4v) is 3.55. The van der Waals surface area contributed by atoms with E-state index in [2.05, 4.69) is 18.2 Å². The first-order valence-electron chi connectivity index (χ1n) is 6.56. The van der Waals surface area contributed by atoms with E-state index in [-0.39, 0.29) is 12.1 Å². The average Bonchev–Trinajstić information content (AvgIpc) is 2.22. The Kier molecular flexibility index (Phi) is 2.64. The number of aliphatic hydroxyl groups excluding tert-OH is 1. The van der Waals surface area contributed by atoms with Gasteiger partial charge < -0.3 is 10.8 Å². The zero-order valence-electron chi connectivity index (χ0n) is 9.68. The zero-order chi connectivity index (χ0) is 11.1. The Labute approximate surface area is 97.2 Å². The van der Waals surface area contributed by atoms with E-state index in [9.17, 15) is 5.11 Å². The third-order valence-corrected chi connectivity index (χ3v) is 4.72. The standard InChI is InChI=1S/C14H21NO/c15-12-4-1-9(2-5-12)11-7-10-3-6-13(10)14(16)8-11/h1-2,4,10-14,16H,3,5-8,15H2. The number of hydrogen-bond donors (Lipinski definition) is 2. The van der Waals surface area contributed by atoms with E-state index in [1.54, 1.807) is 0 Å². The molecule has 0 amide bonds. The van der Waals surface area contributed by atoms with Crippen LogP contribution in [0.25, 0.3) is 0 Å². The van der Waals surface area contributed by atoms with Gasteiger partial charge in [-0.15, -0.1) is 0 Å². The van der Waals surface area contributed by atoms with Crippen LogP contribution in [0, 0.1) is 17.8 Å². The van der Waals surface area contributed by atoms with Gasteiger partial charge in [0.2, 0.25) is 0 Å². The van der Waals surface area contributed by atoms with Crippen molar-refractivity contribution in [2.75, 3.05) is 0 Å². The Hall–Kier alpha value is -0.600. The first-order valence-corrected chi connectivity index (χ1v) is 6.56. The highest BCUT2D eigenvalue weighted by Crippen LogP contribution is 2.49. The molecule has 0 aromatic carbocycles. The molecule has 2 fully saturated rings. The maximum atomic E-state index is 10.1. The molecule has 5 unspecified atom stereocenters. The molecule has 0 aliphatic heterocycles. The van der Waals surface area contributed by atoms with Gasteiger partial charge in [-0.3, -0.25) is 0 Å². The molecule has 3 aliphatic carbocycles. The number of fused-ring (bicyclic) bond motifs is 1. The summed E-state index contributed by atoms with van der Waals surface area (Å²) in [4.78, 5) is 0. The van der Waals surface area contributed by atoms with Gasteiger partial charge in [0, 0.05) is 6.04 Å². The predicted octanol–water partition coefficient (Wildman–Crippen LogP) is 2.00. The molecule has 3 rings (SSSR count). The van der Waals surface area contributed by atoms with Gasteiger partial charge in [-0.05, 0) is 55.4 Å². The number of allylic oxidation sites excluding steroid dienone is 2. The van der Waals surface area contributed by atoms with E-state index < -0.39 is 0 Å². The predicted molar refractivity (Wildman–Crippen MR) is 64.8 cm³/mol. The van der Waals surface area contributed by atoms with Gasteiger partial charge in [0.15, 0.2) is 0 Å². The van der Waals surface area contributed by atoms with Crippen molar-refractivity contribution in [3.63, 3.8) is 0 Å². The van der Waals surface area contributed by atoms with Crippen molar-refractivity contribution in [3.8, 4) is 0 Å². The van der Waals surface area contributed by atoms with E-state index in [4.69, 9.17) is 5.73 Å². The molecule has 0 aromatic heterocycles. The lowest BCUT2D eigenvalue weighted by atomic mass is 9.60. The Balaban J connectivity index is 1.69. The minimum absolute atomic E-state index is 0.0533. The molecule has 0 bridgehead atoms. The first kappa shape index (κ1) is 10.5. The summed E-state index contributed by atoms with van der Waals surface area (Å²) in [5, 5.41) is 10.1. The second-order valence-corrected chi connectivity index (χ2v) is 5.70. The SMILES string of the molecule is NC1C=CC(C2CC(O)C3CCC3C2)=CC1. The Morgan fingerprint density at radius 2 is 2.12 bits per heavy atom. The summed E-state index contributed by atoms with van der Waals surface area (Å²) >= 11 is 0. The molecule has 0 radical (unpaired) electrons. The van der Waals surface area contributed by atoms with Crippen LogP contribution < -0.4 is 5.73 Å². The van der Waals surface area contributed by atoms with Crippen LogP contribution in [0.15, 0.2) is 23.8 Å². The normalized spacial score (nSPS) is 46.9. The van der Waals surface area contributed by atoms with Gasteiger partial charge in [0.05, 0.1) is 6.10 Å². The van der Waals surface area contributed by atoms with Crippen molar-refractivity contribution < 1.29 is 5.11 Å². The summed E-state index contributed by atoms with van der Waals surface area (Å²) < 4.78 is 0. The van der Waals surface area contributed by atoms with Gasteiger partial charge in [-0.25, -0.2) is 0 Å². The van der Waals surface area contributed by atoms with Gasteiger partial charge in [-0.2, -0.15) is 0 Å². The van der Waals surface area contributed by atoms with Crippen LogP contribution in [0.1, 0.15) is 32.1 Å². The van der Waals surface area contributed by atoms with Crippen LogP contribution in [-0.4, -0.2) is 17.3 Å². The minimum Gasteiger partial charge on any atom is -0.393 e. The van der Waals surface area contributed by atoms with E-state index in [0.29, 0.717) is 11.8 Å². The molecular weight excluding hydrogens is 198 g/mol. The van der Waals surface area contributed by atoms with E-state index in [0.717, 1.165) is 18.8 Å². The molecule has 3 N–H and O–H groups in total. The van der Waals surface area contributed by atoms with Crippen molar-refractivity contribution in [2.45, 2.75) is 44.2 Å². The highest BCUT2D eigenvalue weighted by molar-refractivity contribution is 5.28. The van der Waals surface area contributed by atoms with E-state index in [1.807, 2.05) is 0 Å². The van der Waals surface area contributed by atoms with Gasteiger partial charge >= 0.3 is 0 Å². The summed E-state index contributed by atoms with van der Waals surface area (Å²) in [6.07, 6.45) is 12.3. The number of nitrogens with two attached hydrogens (primary N) is 1. The summed E-state index contributed by atoms with van der Waals surface area (Å²) in [5.41, 5.74) is 7.26. The highest BCUT2D eigenvalue weighted by Gasteiger charge is 2.42. The second kappa shape index (κ2) is 4.01. The van der Waals surface area contributed by atoms with Gasteiger partial charge in [0.25, 0.3) is 0 Å². The van der Waals surface area contributed by atoms with Crippen LogP contribution in [0.2, 0.25) is 0 Å². The molecular formula is C14H21NO. The van der Waals surface area contributed by atoms with Crippen molar-refractivity contribution in [1.82, 2.24) is 0 Å². The molecule has 0 saturated heterocycles. The van der Waals surface area contributed by atoms with Crippen LogP contribution in [0.5, 0.6) is 0 Å². The number of rotatable bonds is 1. The maximum absolute atomic E-state index is 10.1. The van der Waals surface area contributed by atoms with Gasteiger partial charge in [-0.1, -0.05) is 18.2 Å². The molecule has 0 aromatic rings. The van der Waals surface area contributed by atoms with E-state index >= 15 is 0 Å². The third kappa shape index (κ3) is 1.74. The lowest BCUT2D eigenvalue weighted by molar-refractivity contribution is -0.0396. The fourth-order valence-electron chi connectivity index (χ4n) is 3.55. The molecule has 16 heavy (non-hydrogen) atoms. The summed E-state index contributed by atoms with van der Waals surface area (Å²) in [7, 11) is 0. The molecule has 3 aliphatic rings. The topological polar surface area (TPSA) is 46.2 Å². The minimum atomic E-state index is -0.0533. The summed E-state index contributed by atoms with van der Waals surface area (Å²) in [6, 6.07) is 0.203. The second-order valence-electron chi connectivity index (χ2n) is 5.70. The molecule has 0 heterocycles. The van der Waals surface area contributed by atoms with Crippen LogP contribution in [-0.2, 0) is 0 Å². The Morgan fingerprint density at radius 1 is 1.25 bits per heavy atom. The molecule has 88 valence electrons. The van der Waals surface area contributed by atoms with Crippen LogP contribution >= 0.6 is 0 Å². The molecule has 2 nitrogen and oxygen atoms in total. The lowest BCUT2D eigenvalue weighted by Crippen LogP contribution is -2.43. The number of aliphatic hydroxyl groups is 1. The Bertz CT molecular complexity index is 326. The smallest absolute Gasteiger partial charge is 0.0576 e. The molecule has 5 atom stereocenters.